The fourth-order valence-electron chi connectivity index (χ4n) is 1.88. The molecule has 0 radical (unpaired) electrons. The van der Waals surface area contributed by atoms with Gasteiger partial charge in [-0.25, -0.2) is 9.67 Å². The zero-order chi connectivity index (χ0) is 11.9. The van der Waals surface area contributed by atoms with Crippen LogP contribution in [-0.4, -0.2) is 19.9 Å². The molecule has 5 heteroatoms. The Kier molecular flexibility index (Phi) is 2.86. The molecule has 0 saturated carbocycles. The lowest BCUT2D eigenvalue weighted by Crippen LogP contribution is -2.00. The Hall–Kier alpha value is -1.13. The summed E-state index contributed by atoms with van der Waals surface area (Å²) in [6.45, 7) is 6.42. The van der Waals surface area contributed by atoms with E-state index < -0.39 is 0 Å². The third kappa shape index (κ3) is 1.49. The second-order valence-corrected chi connectivity index (χ2v) is 4.13. The Morgan fingerprint density at radius 3 is 2.56 bits per heavy atom. The molecular weight excluding hydrogens is 226 g/mol. The van der Waals surface area contributed by atoms with Crippen molar-refractivity contribution in [3.8, 4) is 0 Å². The van der Waals surface area contributed by atoms with Gasteiger partial charge >= 0.3 is 0 Å². The second kappa shape index (κ2) is 4.03. The van der Waals surface area contributed by atoms with Crippen molar-refractivity contribution in [2.24, 2.45) is 0 Å². The molecule has 0 aliphatic carbocycles. The number of aryl methyl sites for hydroxylation is 3. The van der Waals surface area contributed by atoms with Gasteiger partial charge in [0, 0.05) is 17.8 Å². The van der Waals surface area contributed by atoms with Crippen LogP contribution in [0, 0.1) is 13.8 Å². The van der Waals surface area contributed by atoms with E-state index >= 15 is 0 Å². The number of hydrogen-bond acceptors (Lipinski definition) is 3. The molecule has 0 saturated heterocycles. The maximum Gasteiger partial charge on any atom is 0.159 e. The van der Waals surface area contributed by atoms with Crippen molar-refractivity contribution < 1.29 is 5.11 Å². The van der Waals surface area contributed by atoms with E-state index in [2.05, 4.69) is 10.1 Å². The third-order valence-electron chi connectivity index (χ3n) is 2.75. The van der Waals surface area contributed by atoms with Crippen molar-refractivity contribution in [2.45, 2.75) is 33.9 Å². The number of halogens is 1. The number of hydrogen-bond donors (Lipinski definition) is 1. The first-order valence-corrected chi connectivity index (χ1v) is 5.60. The van der Waals surface area contributed by atoms with Gasteiger partial charge in [0.15, 0.2) is 5.65 Å². The van der Waals surface area contributed by atoms with Crippen LogP contribution in [0.25, 0.3) is 11.0 Å². The van der Waals surface area contributed by atoms with Crippen molar-refractivity contribution in [2.75, 3.05) is 0 Å². The van der Waals surface area contributed by atoms with E-state index in [9.17, 15) is 5.11 Å². The molecule has 16 heavy (non-hydrogen) atoms. The average molecular weight is 240 g/mol. The topological polar surface area (TPSA) is 50.9 Å². The van der Waals surface area contributed by atoms with Crippen LogP contribution in [0.2, 0.25) is 5.02 Å². The molecule has 4 nitrogen and oxygen atoms in total. The zero-order valence-corrected chi connectivity index (χ0v) is 10.3. The zero-order valence-electron chi connectivity index (χ0n) is 9.58. The smallest absolute Gasteiger partial charge is 0.159 e. The highest BCUT2D eigenvalue weighted by atomic mass is 35.5. The van der Waals surface area contributed by atoms with Gasteiger partial charge in [0.25, 0.3) is 0 Å². The predicted octanol–water partition coefficient (Wildman–Crippen LogP) is 2.21. The Morgan fingerprint density at radius 1 is 1.31 bits per heavy atom. The van der Waals surface area contributed by atoms with Crippen LogP contribution < -0.4 is 0 Å². The lowest BCUT2D eigenvalue weighted by Gasteiger charge is -2.06. The summed E-state index contributed by atoms with van der Waals surface area (Å²) in [7, 11) is 0. The summed E-state index contributed by atoms with van der Waals surface area (Å²) in [4.78, 5) is 4.45. The Labute approximate surface area is 98.9 Å². The van der Waals surface area contributed by atoms with Crippen LogP contribution in [0.15, 0.2) is 0 Å². The van der Waals surface area contributed by atoms with E-state index in [1.54, 1.807) is 0 Å². The summed E-state index contributed by atoms with van der Waals surface area (Å²) in [5, 5.41) is 15.1. The molecule has 0 aromatic carbocycles. The monoisotopic (exact) mass is 239 g/mol. The van der Waals surface area contributed by atoms with Gasteiger partial charge in [0.1, 0.15) is 0 Å². The molecule has 0 fully saturated rings. The van der Waals surface area contributed by atoms with Crippen LogP contribution >= 0.6 is 11.6 Å². The summed E-state index contributed by atoms with van der Waals surface area (Å²) in [6, 6.07) is 0. The third-order valence-corrected chi connectivity index (χ3v) is 3.17. The number of nitrogens with zero attached hydrogens (tertiary/aromatic N) is 3. The molecule has 2 heterocycles. The summed E-state index contributed by atoms with van der Waals surface area (Å²) in [6.07, 6.45) is 0. The van der Waals surface area contributed by atoms with Gasteiger partial charge < -0.3 is 5.11 Å². The van der Waals surface area contributed by atoms with Gasteiger partial charge in [-0.1, -0.05) is 11.6 Å². The number of aliphatic hydroxyl groups is 1. The van der Waals surface area contributed by atoms with Crippen molar-refractivity contribution >= 4 is 22.6 Å². The minimum absolute atomic E-state index is 0.0929. The van der Waals surface area contributed by atoms with Crippen LogP contribution in [0.5, 0.6) is 0 Å². The molecule has 1 N–H and O–H groups in total. The van der Waals surface area contributed by atoms with E-state index in [1.807, 2.05) is 25.5 Å². The molecule has 0 spiro atoms. The second-order valence-electron chi connectivity index (χ2n) is 3.75. The number of aromatic nitrogens is 3. The Balaban J connectivity index is 2.89. The minimum atomic E-state index is -0.0929. The van der Waals surface area contributed by atoms with E-state index in [0.717, 1.165) is 29.0 Å². The van der Waals surface area contributed by atoms with Crippen LogP contribution in [0.3, 0.4) is 0 Å². The Morgan fingerprint density at radius 2 is 2.00 bits per heavy atom. The van der Waals surface area contributed by atoms with Gasteiger partial charge in [-0.15, -0.1) is 0 Å². The lowest BCUT2D eigenvalue weighted by atomic mass is 10.1. The molecule has 2 rings (SSSR count). The molecule has 86 valence electrons. The lowest BCUT2D eigenvalue weighted by molar-refractivity contribution is 0.281. The molecule has 0 aliphatic heterocycles. The SMILES string of the molecule is CCn1nc(C)c2c(Cl)c(CO)c(C)nc21. The summed E-state index contributed by atoms with van der Waals surface area (Å²) in [5.41, 5.74) is 3.09. The molecular formula is C11H14ClN3O. The van der Waals surface area contributed by atoms with Gasteiger partial charge in [0.2, 0.25) is 0 Å². The molecule has 0 amide bonds. The average Bonchev–Trinajstić information content (AvgIpc) is 2.55. The van der Waals surface area contributed by atoms with E-state index in [0.29, 0.717) is 10.6 Å². The minimum Gasteiger partial charge on any atom is -0.392 e. The predicted molar refractivity (Wildman–Crippen MR) is 63.6 cm³/mol. The fraction of sp³-hybridized carbons (Fsp3) is 0.455. The van der Waals surface area contributed by atoms with E-state index in [1.165, 1.54) is 0 Å². The molecule has 0 aliphatic rings. The van der Waals surface area contributed by atoms with Crippen molar-refractivity contribution in [1.29, 1.82) is 0 Å². The highest BCUT2D eigenvalue weighted by molar-refractivity contribution is 6.36. The molecule has 0 atom stereocenters. The van der Waals surface area contributed by atoms with Crippen LogP contribution in [-0.2, 0) is 13.2 Å². The molecule has 0 unspecified atom stereocenters. The quantitative estimate of drug-likeness (QED) is 0.874. The molecule has 0 bridgehead atoms. The van der Waals surface area contributed by atoms with Crippen LogP contribution in [0.1, 0.15) is 23.9 Å². The first kappa shape index (κ1) is 11.4. The van der Waals surface area contributed by atoms with Crippen molar-refractivity contribution in [3.63, 3.8) is 0 Å². The first-order chi connectivity index (χ1) is 7.60. The summed E-state index contributed by atoms with van der Waals surface area (Å²) < 4.78 is 1.82. The highest BCUT2D eigenvalue weighted by Crippen LogP contribution is 2.30. The highest BCUT2D eigenvalue weighted by Gasteiger charge is 2.16. The maximum absolute atomic E-state index is 9.26. The summed E-state index contributed by atoms with van der Waals surface area (Å²) >= 11 is 6.27. The van der Waals surface area contributed by atoms with Gasteiger partial charge in [-0.3, -0.25) is 0 Å². The van der Waals surface area contributed by atoms with Crippen molar-refractivity contribution in [1.82, 2.24) is 14.8 Å². The molecule has 2 aromatic heterocycles. The van der Waals surface area contributed by atoms with Gasteiger partial charge in [0.05, 0.1) is 22.7 Å². The first-order valence-electron chi connectivity index (χ1n) is 5.23. The largest absolute Gasteiger partial charge is 0.392 e. The summed E-state index contributed by atoms with van der Waals surface area (Å²) in [5.74, 6) is 0. The number of fused-ring (bicyclic) bond motifs is 1. The van der Waals surface area contributed by atoms with Crippen LogP contribution in [0.4, 0.5) is 0 Å². The van der Waals surface area contributed by atoms with Gasteiger partial charge in [-0.2, -0.15) is 5.10 Å². The van der Waals surface area contributed by atoms with Crippen molar-refractivity contribution in [3.05, 3.63) is 22.0 Å². The number of rotatable bonds is 2. The number of pyridine rings is 1. The molecule has 2 aromatic rings. The number of aliphatic hydroxyl groups excluding tert-OH is 1. The standard InChI is InChI=1S/C11H14ClN3O/c1-4-15-11-9(7(3)14-15)10(12)8(5-16)6(2)13-11/h16H,4-5H2,1-3H3. The van der Waals surface area contributed by atoms with E-state index in [-0.39, 0.29) is 6.61 Å². The normalized spacial score (nSPS) is 11.3. The van der Waals surface area contributed by atoms with E-state index in [4.69, 9.17) is 11.6 Å². The maximum atomic E-state index is 9.26. The fourth-order valence-corrected chi connectivity index (χ4v) is 2.30. The Bertz CT molecular complexity index is 548. The van der Waals surface area contributed by atoms with Gasteiger partial charge in [-0.05, 0) is 20.8 Å².